The average Bonchev–Trinajstić information content (AvgIpc) is 2.70. The van der Waals surface area contributed by atoms with E-state index in [0.29, 0.717) is 0 Å². The second-order valence-corrected chi connectivity index (χ2v) is 4.77. The molecule has 0 aliphatic carbocycles. The third-order valence-corrected chi connectivity index (χ3v) is 3.50. The molecule has 1 fully saturated rings. The van der Waals surface area contributed by atoms with Crippen LogP contribution in [-0.4, -0.2) is 36.8 Å². The van der Waals surface area contributed by atoms with Gasteiger partial charge in [-0.2, -0.15) is 0 Å². The van der Waals surface area contributed by atoms with Gasteiger partial charge >= 0.3 is 0 Å². The third kappa shape index (κ3) is 4.20. The molecule has 0 saturated carbocycles. The predicted molar refractivity (Wildman–Crippen MR) is 65.6 cm³/mol. The van der Waals surface area contributed by atoms with Crippen LogP contribution in [0.1, 0.15) is 39.0 Å². The Bertz CT molecular complexity index is 135. The smallest absolute Gasteiger partial charge is 0.0108 e. The summed E-state index contributed by atoms with van der Waals surface area (Å²) in [6.07, 6.45) is 8.93. The number of rotatable bonds is 7. The van der Waals surface area contributed by atoms with Gasteiger partial charge in [0.2, 0.25) is 0 Å². The maximum atomic E-state index is 3.35. The van der Waals surface area contributed by atoms with Crippen LogP contribution < -0.4 is 4.72 Å². The zero-order chi connectivity index (χ0) is 10.2. The average molecular weight is 216 g/mol. The maximum Gasteiger partial charge on any atom is 0.0108 e. The summed E-state index contributed by atoms with van der Waals surface area (Å²) in [6, 6.07) is 0.835. The minimum atomic E-state index is 0.835. The van der Waals surface area contributed by atoms with E-state index < -0.39 is 0 Å². The Morgan fingerprint density at radius 1 is 1.29 bits per heavy atom. The molecule has 0 amide bonds. The summed E-state index contributed by atoms with van der Waals surface area (Å²) in [5, 5.41) is 0. The lowest BCUT2D eigenvalue weighted by molar-refractivity contribution is 0.219. The van der Waals surface area contributed by atoms with Crippen molar-refractivity contribution in [1.29, 1.82) is 0 Å². The van der Waals surface area contributed by atoms with Crippen molar-refractivity contribution < 1.29 is 0 Å². The first-order chi connectivity index (χ1) is 6.88. The van der Waals surface area contributed by atoms with Crippen LogP contribution in [0.3, 0.4) is 0 Å². The SMILES string of the molecule is CCCC(CCNSC)N1CCCC1. The van der Waals surface area contributed by atoms with Crippen LogP contribution in [0.15, 0.2) is 0 Å². The van der Waals surface area contributed by atoms with Gasteiger partial charge in [-0.05, 0) is 45.0 Å². The summed E-state index contributed by atoms with van der Waals surface area (Å²) in [4.78, 5) is 2.69. The molecule has 3 heteroatoms. The summed E-state index contributed by atoms with van der Waals surface area (Å²) < 4.78 is 3.35. The van der Waals surface area contributed by atoms with Crippen molar-refractivity contribution in [2.75, 3.05) is 25.9 Å². The summed E-state index contributed by atoms with van der Waals surface area (Å²) in [5.74, 6) is 0. The van der Waals surface area contributed by atoms with Gasteiger partial charge in [0.25, 0.3) is 0 Å². The minimum absolute atomic E-state index is 0.835. The Hall–Kier alpha value is 0.270. The monoisotopic (exact) mass is 216 g/mol. The molecule has 1 rings (SSSR count). The van der Waals surface area contributed by atoms with Crippen molar-refractivity contribution in [2.24, 2.45) is 0 Å². The zero-order valence-corrected chi connectivity index (χ0v) is 10.4. The summed E-state index contributed by atoms with van der Waals surface area (Å²) in [5.41, 5.74) is 0. The largest absolute Gasteiger partial charge is 0.300 e. The maximum absolute atomic E-state index is 3.35. The van der Waals surface area contributed by atoms with Crippen molar-refractivity contribution in [2.45, 2.75) is 45.1 Å². The molecular formula is C11H24N2S. The zero-order valence-electron chi connectivity index (χ0n) is 9.59. The van der Waals surface area contributed by atoms with E-state index in [1.54, 1.807) is 11.9 Å². The Morgan fingerprint density at radius 2 is 2.00 bits per heavy atom. The highest BCUT2D eigenvalue weighted by Gasteiger charge is 2.20. The molecule has 14 heavy (non-hydrogen) atoms. The fourth-order valence-corrected chi connectivity index (χ4v) is 2.60. The first-order valence-corrected chi connectivity index (χ1v) is 7.10. The second-order valence-electron chi connectivity index (χ2n) is 4.07. The van der Waals surface area contributed by atoms with Gasteiger partial charge in [-0.15, -0.1) is 0 Å². The van der Waals surface area contributed by atoms with E-state index in [2.05, 4.69) is 22.8 Å². The summed E-state index contributed by atoms with van der Waals surface area (Å²) in [6.45, 7) is 6.13. The molecule has 1 saturated heterocycles. The minimum Gasteiger partial charge on any atom is -0.300 e. The Labute approximate surface area is 93.0 Å². The lowest BCUT2D eigenvalue weighted by atomic mass is 10.1. The van der Waals surface area contributed by atoms with Crippen molar-refractivity contribution in [3.8, 4) is 0 Å². The predicted octanol–water partition coefficient (Wildman–Crippen LogP) is 2.51. The van der Waals surface area contributed by atoms with Crippen molar-refractivity contribution >= 4 is 11.9 Å². The third-order valence-electron chi connectivity index (χ3n) is 3.00. The highest BCUT2D eigenvalue weighted by Crippen LogP contribution is 2.17. The van der Waals surface area contributed by atoms with E-state index in [1.165, 1.54) is 45.2 Å². The number of hydrogen-bond acceptors (Lipinski definition) is 3. The van der Waals surface area contributed by atoms with Gasteiger partial charge in [0, 0.05) is 12.6 Å². The van der Waals surface area contributed by atoms with E-state index in [9.17, 15) is 0 Å². The van der Waals surface area contributed by atoms with E-state index >= 15 is 0 Å². The number of nitrogens with zero attached hydrogens (tertiary/aromatic N) is 1. The molecule has 84 valence electrons. The number of nitrogens with one attached hydrogen (secondary N) is 1. The topological polar surface area (TPSA) is 15.3 Å². The van der Waals surface area contributed by atoms with Crippen LogP contribution in [0.4, 0.5) is 0 Å². The molecule has 0 bridgehead atoms. The molecule has 0 aromatic carbocycles. The first kappa shape index (κ1) is 12.3. The van der Waals surface area contributed by atoms with Gasteiger partial charge in [0.05, 0.1) is 0 Å². The standard InChI is InChI=1S/C11H24N2S/c1-3-6-11(7-8-12-14-2)13-9-4-5-10-13/h11-12H,3-10H2,1-2H3. The molecule has 1 unspecified atom stereocenters. The van der Waals surface area contributed by atoms with Gasteiger partial charge in [-0.1, -0.05) is 25.3 Å². The van der Waals surface area contributed by atoms with Crippen LogP contribution in [0.2, 0.25) is 0 Å². The van der Waals surface area contributed by atoms with E-state index in [1.807, 2.05) is 0 Å². The van der Waals surface area contributed by atoms with Gasteiger partial charge in [-0.25, -0.2) is 0 Å². The molecule has 0 aromatic rings. The van der Waals surface area contributed by atoms with Gasteiger partial charge < -0.3 is 4.90 Å². The lowest BCUT2D eigenvalue weighted by Crippen LogP contribution is -2.34. The van der Waals surface area contributed by atoms with Crippen molar-refractivity contribution in [1.82, 2.24) is 9.62 Å². The first-order valence-electron chi connectivity index (χ1n) is 5.88. The summed E-state index contributed by atoms with van der Waals surface area (Å²) in [7, 11) is 0. The molecular weight excluding hydrogens is 192 g/mol. The lowest BCUT2D eigenvalue weighted by Gasteiger charge is -2.27. The van der Waals surface area contributed by atoms with E-state index in [-0.39, 0.29) is 0 Å². The molecule has 0 spiro atoms. The number of hydrogen-bond donors (Lipinski definition) is 1. The fourth-order valence-electron chi connectivity index (χ4n) is 2.28. The fraction of sp³-hybridized carbons (Fsp3) is 1.00. The Morgan fingerprint density at radius 3 is 2.57 bits per heavy atom. The quantitative estimate of drug-likeness (QED) is 0.520. The van der Waals surface area contributed by atoms with E-state index in [4.69, 9.17) is 0 Å². The van der Waals surface area contributed by atoms with Gasteiger partial charge in [0.1, 0.15) is 0 Å². The molecule has 1 N–H and O–H groups in total. The molecule has 0 radical (unpaired) electrons. The Kier molecular flexibility index (Phi) is 6.65. The van der Waals surface area contributed by atoms with Crippen LogP contribution in [0, 0.1) is 0 Å². The van der Waals surface area contributed by atoms with Gasteiger partial charge in [-0.3, -0.25) is 4.72 Å². The Balaban J connectivity index is 2.22. The van der Waals surface area contributed by atoms with Crippen LogP contribution in [-0.2, 0) is 0 Å². The normalized spacial score (nSPS) is 20.1. The molecule has 2 nitrogen and oxygen atoms in total. The van der Waals surface area contributed by atoms with Crippen molar-refractivity contribution in [3.63, 3.8) is 0 Å². The molecule has 1 heterocycles. The van der Waals surface area contributed by atoms with Gasteiger partial charge in [0.15, 0.2) is 0 Å². The highest BCUT2D eigenvalue weighted by atomic mass is 32.2. The summed E-state index contributed by atoms with van der Waals surface area (Å²) >= 11 is 1.74. The molecule has 1 aliphatic heterocycles. The molecule has 1 aliphatic rings. The molecule has 0 aromatic heterocycles. The van der Waals surface area contributed by atoms with Crippen LogP contribution in [0.5, 0.6) is 0 Å². The second kappa shape index (κ2) is 7.55. The van der Waals surface area contributed by atoms with Crippen LogP contribution >= 0.6 is 11.9 Å². The van der Waals surface area contributed by atoms with E-state index in [0.717, 1.165) is 12.6 Å². The van der Waals surface area contributed by atoms with Crippen molar-refractivity contribution in [3.05, 3.63) is 0 Å². The highest BCUT2D eigenvalue weighted by molar-refractivity contribution is 7.96. The van der Waals surface area contributed by atoms with Crippen LogP contribution in [0.25, 0.3) is 0 Å². The number of likely N-dealkylation sites (tertiary alicyclic amines) is 1. The molecule has 1 atom stereocenters.